The number of rotatable bonds is 30. The standard InChI is InChI=1S/C52H67ClN6O15/c1-5-59(6-2,21-7-8-32(3)55-46-36-12-10-34(53)29-39(36)56-38-13-11-35(69-4)30-37(38)46)31-33-9-14-41(73-52-49(66)47(64)48(65)50(74-52)51(67)68)40(28-33)57-43(61)17-19-54-42(60)18-22-70-24-26-72-27-25-71-23-20-58-44(62)15-16-45(58)63/h9-16,28-30,32,47-50,52,64-66H,5-8,17-27,31H2,1-4H3,(H3-,54,55,56,57,60,61,67,68)/p+1/t32?,47-,48-,49+,50-,52+/m0/s1. The van der Waals surface area contributed by atoms with E-state index in [9.17, 15) is 44.4 Å². The van der Waals surface area contributed by atoms with Crippen LogP contribution in [0.4, 0.5) is 11.4 Å². The Morgan fingerprint density at radius 1 is 0.824 bits per heavy atom. The van der Waals surface area contributed by atoms with Crippen molar-refractivity contribution < 1.29 is 77.3 Å². The van der Waals surface area contributed by atoms with Crippen LogP contribution in [-0.4, -0.2) is 181 Å². The average Bonchev–Trinajstić information content (AvgIpc) is 3.70. The van der Waals surface area contributed by atoms with Crippen molar-refractivity contribution in [3.05, 3.63) is 77.3 Å². The van der Waals surface area contributed by atoms with E-state index >= 15 is 0 Å². The second kappa shape index (κ2) is 27.5. The number of nitrogens with one attached hydrogen (secondary N) is 3. The highest BCUT2D eigenvalue weighted by atomic mass is 35.5. The third-order valence-corrected chi connectivity index (χ3v) is 13.3. The summed E-state index contributed by atoms with van der Waals surface area (Å²) >= 11 is 6.37. The predicted octanol–water partition coefficient (Wildman–Crippen LogP) is 3.77. The number of ether oxygens (including phenoxy) is 6. The Morgan fingerprint density at radius 2 is 1.53 bits per heavy atom. The van der Waals surface area contributed by atoms with Gasteiger partial charge in [0.15, 0.2) is 6.10 Å². The van der Waals surface area contributed by atoms with Crippen molar-refractivity contribution in [1.82, 2.24) is 15.2 Å². The molecule has 1 saturated heterocycles. The van der Waals surface area contributed by atoms with E-state index in [0.29, 0.717) is 16.1 Å². The molecule has 1 aromatic heterocycles. The number of halogens is 1. The van der Waals surface area contributed by atoms with Crippen LogP contribution in [0.15, 0.2) is 66.7 Å². The third-order valence-electron chi connectivity index (χ3n) is 13.1. The van der Waals surface area contributed by atoms with E-state index in [1.165, 1.54) is 12.2 Å². The molecule has 2 aliphatic rings. The molecular weight excluding hydrogens is 984 g/mol. The van der Waals surface area contributed by atoms with Crippen molar-refractivity contribution in [3.63, 3.8) is 0 Å². The molecule has 4 aromatic rings. The number of carbonyl (C=O) groups is 5. The van der Waals surface area contributed by atoms with Gasteiger partial charge in [-0.1, -0.05) is 11.6 Å². The number of anilines is 2. The maximum Gasteiger partial charge on any atom is 0.335 e. The van der Waals surface area contributed by atoms with Crippen LogP contribution in [0.3, 0.4) is 0 Å². The monoisotopic (exact) mass is 1050 g/mol. The second-order valence-electron chi connectivity index (χ2n) is 18.2. The lowest BCUT2D eigenvalue weighted by Crippen LogP contribution is -2.61. The summed E-state index contributed by atoms with van der Waals surface area (Å²) in [5.41, 5.74) is 3.55. The number of pyridine rings is 1. The van der Waals surface area contributed by atoms with Gasteiger partial charge in [-0.3, -0.25) is 24.1 Å². The summed E-state index contributed by atoms with van der Waals surface area (Å²) in [5.74, 6) is -2.42. The number of nitrogens with zero attached hydrogens (tertiary/aromatic N) is 3. The summed E-state index contributed by atoms with van der Waals surface area (Å²) in [5, 5.41) is 52.9. The Labute approximate surface area is 434 Å². The van der Waals surface area contributed by atoms with E-state index in [0.717, 1.165) is 76.2 Å². The quantitative estimate of drug-likeness (QED) is 0.0170. The van der Waals surface area contributed by atoms with Gasteiger partial charge in [0.05, 0.1) is 95.3 Å². The molecule has 402 valence electrons. The number of hydrogen-bond donors (Lipinski definition) is 7. The molecular formula is C52H68ClN6O15+. The summed E-state index contributed by atoms with van der Waals surface area (Å²) < 4.78 is 33.9. The summed E-state index contributed by atoms with van der Waals surface area (Å²) in [4.78, 5) is 67.0. The number of quaternary nitrogens is 1. The minimum atomic E-state index is -1.93. The summed E-state index contributed by atoms with van der Waals surface area (Å²) in [7, 11) is 1.63. The lowest BCUT2D eigenvalue weighted by molar-refractivity contribution is -0.938. The Kier molecular flexibility index (Phi) is 21.3. The zero-order valence-electron chi connectivity index (χ0n) is 42.1. The van der Waals surface area contributed by atoms with Crippen LogP contribution < -0.4 is 25.4 Å². The van der Waals surface area contributed by atoms with Gasteiger partial charge >= 0.3 is 5.97 Å². The summed E-state index contributed by atoms with van der Waals surface area (Å²) in [6.45, 7) is 10.8. The molecule has 3 aromatic carbocycles. The number of amides is 4. The summed E-state index contributed by atoms with van der Waals surface area (Å²) in [6, 6.07) is 16.6. The van der Waals surface area contributed by atoms with Crippen molar-refractivity contribution >= 4 is 74.4 Å². The van der Waals surface area contributed by atoms with Crippen molar-refractivity contribution in [3.8, 4) is 11.5 Å². The maximum atomic E-state index is 13.5. The smallest absolute Gasteiger partial charge is 0.335 e. The normalized spacial score (nSPS) is 19.2. The van der Waals surface area contributed by atoms with E-state index in [-0.39, 0.29) is 101 Å². The molecule has 6 rings (SSSR count). The van der Waals surface area contributed by atoms with Crippen molar-refractivity contribution in [2.24, 2.45) is 0 Å². The number of fused-ring (bicyclic) bond motifs is 2. The van der Waals surface area contributed by atoms with Gasteiger partial charge < -0.3 is 69.3 Å². The number of carboxylic acid groups (broad SMARTS) is 1. The van der Waals surface area contributed by atoms with Crippen LogP contribution in [0, 0.1) is 0 Å². The molecule has 6 atom stereocenters. The van der Waals surface area contributed by atoms with Gasteiger partial charge in [0.2, 0.25) is 18.1 Å². The molecule has 1 unspecified atom stereocenters. The van der Waals surface area contributed by atoms with Crippen LogP contribution in [0.2, 0.25) is 5.02 Å². The number of carboxylic acids is 1. The zero-order valence-corrected chi connectivity index (χ0v) is 42.9. The first-order valence-electron chi connectivity index (χ1n) is 24.8. The van der Waals surface area contributed by atoms with Gasteiger partial charge in [-0.2, -0.15) is 0 Å². The lowest BCUT2D eigenvalue weighted by Gasteiger charge is -2.39. The lowest BCUT2D eigenvalue weighted by atomic mass is 9.99. The highest BCUT2D eigenvalue weighted by molar-refractivity contribution is 6.31. The fourth-order valence-electron chi connectivity index (χ4n) is 8.74. The van der Waals surface area contributed by atoms with Crippen LogP contribution in [0.1, 0.15) is 52.0 Å². The number of aliphatic hydroxyl groups is 3. The first-order valence-corrected chi connectivity index (χ1v) is 25.2. The molecule has 7 N–H and O–H groups in total. The van der Waals surface area contributed by atoms with Crippen molar-refractivity contribution in [2.75, 3.05) is 90.1 Å². The number of carbonyl (C=O) groups excluding carboxylic acids is 4. The van der Waals surface area contributed by atoms with Gasteiger partial charge in [0, 0.05) is 58.9 Å². The highest BCUT2D eigenvalue weighted by Gasteiger charge is 2.48. The molecule has 0 aliphatic carbocycles. The topological polar surface area (TPSA) is 274 Å². The van der Waals surface area contributed by atoms with Crippen LogP contribution in [-0.2, 0) is 49.5 Å². The number of methoxy groups -OCH3 is 1. The van der Waals surface area contributed by atoms with E-state index in [2.05, 4.69) is 36.7 Å². The molecule has 2 aliphatic heterocycles. The van der Waals surface area contributed by atoms with Crippen LogP contribution in [0.25, 0.3) is 21.8 Å². The van der Waals surface area contributed by atoms with E-state index in [4.69, 9.17) is 45.0 Å². The Balaban J connectivity index is 1.02. The number of aliphatic carboxylic acids is 1. The van der Waals surface area contributed by atoms with Crippen LogP contribution >= 0.6 is 11.6 Å². The largest absolute Gasteiger partial charge is 0.497 e. The van der Waals surface area contributed by atoms with Gasteiger partial charge in [-0.15, -0.1) is 0 Å². The number of hydrogen-bond acceptors (Lipinski definition) is 16. The first kappa shape index (κ1) is 57.3. The minimum Gasteiger partial charge on any atom is -0.497 e. The Hall–Kier alpha value is -6.01. The van der Waals surface area contributed by atoms with Gasteiger partial charge in [-0.25, -0.2) is 9.78 Å². The fourth-order valence-corrected chi connectivity index (χ4v) is 8.91. The van der Waals surface area contributed by atoms with E-state index in [1.807, 2.05) is 36.4 Å². The Bertz CT molecular complexity index is 2600. The third kappa shape index (κ3) is 15.5. The number of imide groups is 1. The fraction of sp³-hybridized carbons (Fsp3) is 0.500. The SMILES string of the molecule is CC[N+](CC)(CCCC(C)Nc1c2ccc(Cl)cc2nc2ccc(OC)cc12)Cc1ccc(O[C@@H]2O[C@H](C(=O)O)[C@@H](O)[C@H](O)[C@H]2O)c(NC(=O)CCNC(=O)CCOCCOCCOCCN2C(=O)C=CC2=O)c1. The predicted molar refractivity (Wildman–Crippen MR) is 274 cm³/mol. The first-order chi connectivity index (χ1) is 35.5. The number of aliphatic hydroxyl groups excluding tert-OH is 3. The zero-order chi connectivity index (χ0) is 53.4. The van der Waals surface area contributed by atoms with E-state index in [1.54, 1.807) is 25.3 Å². The molecule has 3 heterocycles. The second-order valence-corrected chi connectivity index (χ2v) is 18.6. The molecule has 0 bridgehead atoms. The van der Waals surface area contributed by atoms with Crippen molar-refractivity contribution in [2.45, 2.75) is 89.7 Å². The molecule has 22 heteroatoms. The van der Waals surface area contributed by atoms with Crippen molar-refractivity contribution in [1.29, 1.82) is 0 Å². The van der Waals surface area contributed by atoms with Gasteiger partial charge in [-0.05, 0) is 88.2 Å². The number of benzene rings is 3. The Morgan fingerprint density at radius 3 is 2.22 bits per heavy atom. The van der Waals surface area contributed by atoms with Gasteiger partial charge in [0.25, 0.3) is 11.8 Å². The molecule has 0 radical (unpaired) electrons. The van der Waals surface area contributed by atoms with E-state index < -0.39 is 42.6 Å². The average molecular weight is 1050 g/mol. The summed E-state index contributed by atoms with van der Waals surface area (Å²) in [6.07, 6.45) is -5.28. The minimum absolute atomic E-state index is 0.00397. The van der Waals surface area contributed by atoms with Crippen LogP contribution in [0.5, 0.6) is 11.5 Å². The number of aromatic nitrogens is 1. The maximum absolute atomic E-state index is 13.5. The highest BCUT2D eigenvalue weighted by Crippen LogP contribution is 2.36. The molecule has 74 heavy (non-hydrogen) atoms. The molecule has 4 amide bonds. The molecule has 1 fully saturated rings. The molecule has 21 nitrogen and oxygen atoms in total. The van der Waals surface area contributed by atoms with Gasteiger partial charge in [0.1, 0.15) is 36.4 Å². The molecule has 0 saturated carbocycles. The molecule has 0 spiro atoms.